The van der Waals surface area contributed by atoms with Crippen molar-refractivity contribution in [3.05, 3.63) is 23.9 Å². The highest BCUT2D eigenvalue weighted by Crippen LogP contribution is 2.31. The molecule has 0 bridgehead atoms. The first-order valence-electron chi connectivity index (χ1n) is 15.5. The van der Waals surface area contributed by atoms with Crippen molar-refractivity contribution in [3.8, 4) is 0 Å². The van der Waals surface area contributed by atoms with Crippen molar-refractivity contribution in [1.82, 2.24) is 20.9 Å². The zero-order valence-electron chi connectivity index (χ0n) is 24.7. The molecule has 0 unspecified atom stereocenters. The van der Waals surface area contributed by atoms with Gasteiger partial charge in [0.25, 0.3) is 0 Å². The monoisotopic (exact) mass is 633 g/mol. The van der Waals surface area contributed by atoms with Crippen LogP contribution in [0.1, 0.15) is 82.6 Å². The molecule has 4 fully saturated rings. The third kappa shape index (κ3) is 10.8. The topological polar surface area (TPSA) is 127 Å². The molecule has 244 valence electrons. The third-order valence-electron chi connectivity index (χ3n) is 8.95. The van der Waals surface area contributed by atoms with E-state index in [0.717, 1.165) is 31.6 Å². The maximum atomic E-state index is 12.7. The van der Waals surface area contributed by atoms with Crippen LogP contribution in [0.2, 0.25) is 0 Å². The molecule has 5 rings (SSSR count). The lowest BCUT2D eigenvalue weighted by molar-refractivity contribution is -0.137. The van der Waals surface area contributed by atoms with E-state index in [9.17, 15) is 33.0 Å². The van der Waals surface area contributed by atoms with Gasteiger partial charge < -0.3 is 31.1 Å². The maximum Gasteiger partial charge on any atom is 0.417 e. The van der Waals surface area contributed by atoms with E-state index in [1.807, 2.05) is 0 Å². The summed E-state index contributed by atoms with van der Waals surface area (Å²) in [5.74, 6) is 1.28. The number of aliphatic hydroxyl groups excluding tert-OH is 2. The lowest BCUT2D eigenvalue weighted by Crippen LogP contribution is -2.45. The zero-order valence-corrected chi connectivity index (χ0v) is 25.5. The molecule has 43 heavy (non-hydrogen) atoms. The quantitative estimate of drug-likeness (QED) is 0.311. The fourth-order valence-corrected chi connectivity index (χ4v) is 6.47. The zero-order chi connectivity index (χ0) is 30.1. The van der Waals surface area contributed by atoms with Gasteiger partial charge in [-0.25, -0.2) is 4.98 Å². The predicted octanol–water partition coefficient (Wildman–Crippen LogP) is 3.56. The Morgan fingerprint density at radius 3 is 1.95 bits per heavy atom. The molecule has 2 saturated carbocycles. The van der Waals surface area contributed by atoms with Crippen molar-refractivity contribution in [1.29, 1.82) is 0 Å². The number of β-amino-alcohol motifs (C(OH)–C–C–N with tert-alkyl or cyclic N) is 2. The first-order valence-corrected chi connectivity index (χ1v) is 15.5. The van der Waals surface area contributed by atoms with Crippen LogP contribution in [-0.4, -0.2) is 77.5 Å². The van der Waals surface area contributed by atoms with Gasteiger partial charge in [0, 0.05) is 38.8 Å². The first kappa shape index (κ1) is 35.3. The Bertz CT molecular complexity index is 1010. The molecule has 0 radical (unpaired) electrons. The van der Waals surface area contributed by atoms with Crippen molar-refractivity contribution >= 4 is 30.0 Å². The molecule has 4 atom stereocenters. The number of carbonyl (C=O) groups excluding carboxylic acids is 2. The molecule has 2 aliphatic carbocycles. The van der Waals surface area contributed by atoms with Gasteiger partial charge in [-0.15, -0.1) is 12.4 Å². The van der Waals surface area contributed by atoms with Crippen LogP contribution in [0.25, 0.3) is 0 Å². The van der Waals surface area contributed by atoms with Gasteiger partial charge in [-0.1, -0.05) is 38.5 Å². The summed E-state index contributed by atoms with van der Waals surface area (Å²) in [5, 5.41) is 28.3. The highest BCUT2D eigenvalue weighted by molar-refractivity contribution is 5.86. The summed E-state index contributed by atoms with van der Waals surface area (Å²) in [6.45, 7) is 2.15. The molecule has 2 amide bonds. The van der Waals surface area contributed by atoms with Crippen molar-refractivity contribution < 1.29 is 33.0 Å². The summed E-state index contributed by atoms with van der Waals surface area (Å²) in [5.41, 5.74) is -0.834. The molecule has 1 aromatic rings. The van der Waals surface area contributed by atoms with E-state index in [1.165, 1.54) is 57.4 Å². The molecule has 5 N–H and O–H groups in total. The molecule has 2 saturated heterocycles. The highest BCUT2D eigenvalue weighted by Gasteiger charge is 2.38. The van der Waals surface area contributed by atoms with E-state index in [4.69, 9.17) is 0 Å². The van der Waals surface area contributed by atoms with Crippen LogP contribution in [0.15, 0.2) is 18.3 Å². The van der Waals surface area contributed by atoms with Gasteiger partial charge in [-0.05, 0) is 56.1 Å². The summed E-state index contributed by atoms with van der Waals surface area (Å²) in [6.07, 6.45) is 8.34. The Morgan fingerprint density at radius 2 is 1.47 bits per heavy atom. The number of aliphatic hydroxyl groups is 2. The second-order valence-corrected chi connectivity index (χ2v) is 12.3. The van der Waals surface area contributed by atoms with Crippen LogP contribution in [-0.2, 0) is 15.8 Å². The largest absolute Gasteiger partial charge is 0.417 e. The number of pyridine rings is 1. The average molecular weight is 634 g/mol. The van der Waals surface area contributed by atoms with Crippen LogP contribution >= 0.6 is 12.4 Å². The van der Waals surface area contributed by atoms with Crippen molar-refractivity contribution in [2.24, 2.45) is 11.8 Å². The average Bonchev–Trinajstić information content (AvgIpc) is 3.61. The smallest absolute Gasteiger partial charge is 0.392 e. The normalized spacial score (nSPS) is 26.7. The molecule has 1 aromatic heterocycles. The molecule has 2 aliphatic heterocycles. The van der Waals surface area contributed by atoms with Crippen LogP contribution in [0, 0.1) is 11.8 Å². The predicted molar refractivity (Wildman–Crippen MR) is 160 cm³/mol. The number of nitrogens with one attached hydrogen (secondary N) is 3. The van der Waals surface area contributed by atoms with Crippen LogP contribution in [0.3, 0.4) is 0 Å². The lowest BCUT2D eigenvalue weighted by atomic mass is 9.89. The van der Waals surface area contributed by atoms with E-state index in [-0.39, 0.29) is 55.2 Å². The molecule has 3 heterocycles. The van der Waals surface area contributed by atoms with Crippen molar-refractivity contribution in [2.75, 3.05) is 31.1 Å². The molecule has 4 aliphatic rings. The Labute approximate surface area is 258 Å². The van der Waals surface area contributed by atoms with Crippen LogP contribution in [0.4, 0.5) is 19.0 Å². The third-order valence-corrected chi connectivity index (χ3v) is 8.95. The Kier molecular flexibility index (Phi) is 13.8. The molecule has 9 nitrogen and oxygen atoms in total. The lowest BCUT2D eigenvalue weighted by Gasteiger charge is -2.27. The maximum absolute atomic E-state index is 12.7. The molecular weight excluding hydrogens is 587 g/mol. The summed E-state index contributed by atoms with van der Waals surface area (Å²) >= 11 is 0. The Morgan fingerprint density at radius 1 is 0.884 bits per heavy atom. The highest BCUT2D eigenvalue weighted by atomic mass is 35.5. The summed E-state index contributed by atoms with van der Waals surface area (Å²) in [7, 11) is 0. The van der Waals surface area contributed by atoms with Crippen molar-refractivity contribution in [2.45, 2.75) is 108 Å². The number of hydrogen-bond donors (Lipinski definition) is 5. The number of nitrogens with zero attached hydrogens (tertiary/aromatic N) is 2. The van der Waals surface area contributed by atoms with E-state index in [2.05, 4.69) is 20.9 Å². The van der Waals surface area contributed by atoms with Gasteiger partial charge in [0.15, 0.2) is 0 Å². The fourth-order valence-electron chi connectivity index (χ4n) is 6.47. The molecule has 0 spiro atoms. The minimum atomic E-state index is -4.45. The number of aromatic nitrogens is 1. The second kappa shape index (κ2) is 16.8. The number of amides is 2. The number of anilines is 1. The standard InChI is InChI=1S/C18H24F3N3O2.C12H22N2O2.ClH/c19-18(20,21)13-6-7-16(22-10-13)24-11-14(25)8-15(24)17(26)23-9-12-4-2-1-3-5-12;15-10-6-11(13-8-10)12(16)14-7-9-4-2-1-3-5-9;/h6-7,10,12,14-15,25H,1-5,8-9,11H2,(H,23,26);9-11,13,15H,1-8H2,(H,14,16);1H/t14-,15+;10-,11+;/m11./s1. The summed E-state index contributed by atoms with van der Waals surface area (Å²) in [4.78, 5) is 29.8. The van der Waals surface area contributed by atoms with Gasteiger partial charge >= 0.3 is 6.18 Å². The Hall–Kier alpha value is -2.15. The summed E-state index contributed by atoms with van der Waals surface area (Å²) in [6, 6.07) is 1.41. The molecular formula is C30H47ClF3N5O4. The minimum absolute atomic E-state index is 0. The van der Waals surface area contributed by atoms with Gasteiger partial charge in [0.05, 0.1) is 23.8 Å². The Balaban J connectivity index is 0.000000256. The number of alkyl halides is 3. The number of hydrogen-bond acceptors (Lipinski definition) is 7. The minimum Gasteiger partial charge on any atom is -0.392 e. The van der Waals surface area contributed by atoms with Crippen molar-refractivity contribution in [3.63, 3.8) is 0 Å². The van der Waals surface area contributed by atoms with E-state index in [0.29, 0.717) is 31.3 Å². The van der Waals surface area contributed by atoms with Gasteiger partial charge in [0.1, 0.15) is 11.9 Å². The van der Waals surface area contributed by atoms with E-state index >= 15 is 0 Å². The van der Waals surface area contributed by atoms with Gasteiger partial charge in [-0.3, -0.25) is 9.59 Å². The number of rotatable bonds is 7. The molecule has 13 heteroatoms. The molecule has 0 aromatic carbocycles. The summed E-state index contributed by atoms with van der Waals surface area (Å²) < 4.78 is 38.0. The number of carbonyl (C=O) groups is 2. The van der Waals surface area contributed by atoms with Gasteiger partial charge in [-0.2, -0.15) is 13.2 Å². The van der Waals surface area contributed by atoms with E-state index in [1.54, 1.807) is 4.90 Å². The SMILES string of the molecule is Cl.O=C(NCC1CCCCC1)[C@@H]1C[C@@H](O)CN1.O=C(NCC1CCCCC1)[C@@H]1C[C@@H](O)CN1c1ccc(C(F)(F)F)cn1. The second-order valence-electron chi connectivity index (χ2n) is 12.3. The van der Waals surface area contributed by atoms with Gasteiger partial charge in [0.2, 0.25) is 11.8 Å². The van der Waals surface area contributed by atoms with E-state index < -0.39 is 23.9 Å². The number of halogens is 4. The van der Waals surface area contributed by atoms with Crippen LogP contribution < -0.4 is 20.9 Å². The fraction of sp³-hybridized carbons (Fsp3) is 0.767. The first-order chi connectivity index (χ1) is 20.1. The van der Waals surface area contributed by atoms with Crippen LogP contribution in [0.5, 0.6) is 0 Å².